The third kappa shape index (κ3) is 3.10. The molecule has 3 aromatic rings. The van der Waals surface area contributed by atoms with E-state index < -0.39 is 5.97 Å². The molecule has 6 heteroatoms. The highest BCUT2D eigenvalue weighted by molar-refractivity contribution is 6.01. The Hall–Kier alpha value is -3.90. The number of carboxylic acid groups (broad SMARTS) is 1. The highest BCUT2D eigenvalue weighted by Crippen LogP contribution is 2.27. The molecule has 0 bridgehead atoms. The van der Waals surface area contributed by atoms with Crippen LogP contribution in [0.5, 0.6) is 0 Å². The number of aliphatic carboxylic acids is 1. The fourth-order valence-electron chi connectivity index (χ4n) is 2.68. The molecule has 3 rings (SSSR count). The van der Waals surface area contributed by atoms with Crippen LogP contribution in [0.25, 0.3) is 17.0 Å². The summed E-state index contributed by atoms with van der Waals surface area (Å²) in [4.78, 5) is 15.4. The maximum absolute atomic E-state index is 11.2. The van der Waals surface area contributed by atoms with E-state index in [0.717, 1.165) is 11.2 Å². The predicted octanol–water partition coefficient (Wildman–Crippen LogP) is 2.95. The van der Waals surface area contributed by atoms with Gasteiger partial charge in [-0.25, -0.2) is 4.79 Å². The molecule has 0 amide bonds. The number of nitrogens with zero attached hydrogens (tertiary/aromatic N) is 4. The number of hydrogen-bond donors (Lipinski definition) is 1. The van der Waals surface area contributed by atoms with Gasteiger partial charge in [-0.3, -0.25) is 4.98 Å². The zero-order valence-electron chi connectivity index (χ0n) is 13.0. The SMILES string of the molecule is N#C/C(=C\c1cn(Cc2ccccn2)c2cccc(C#N)c12)C(=O)O. The lowest BCUT2D eigenvalue weighted by Crippen LogP contribution is -1.99. The summed E-state index contributed by atoms with van der Waals surface area (Å²) in [5, 5.41) is 28.1. The predicted molar refractivity (Wildman–Crippen MR) is 91.2 cm³/mol. The number of rotatable bonds is 4. The minimum atomic E-state index is -1.30. The molecule has 0 aliphatic rings. The Bertz CT molecular complexity index is 1070. The lowest BCUT2D eigenvalue weighted by Gasteiger charge is -2.04. The van der Waals surface area contributed by atoms with Gasteiger partial charge in [0.05, 0.1) is 29.4 Å². The van der Waals surface area contributed by atoms with Crippen LogP contribution in [0.4, 0.5) is 0 Å². The van der Waals surface area contributed by atoms with Gasteiger partial charge in [0.25, 0.3) is 0 Å². The topological polar surface area (TPSA) is 103 Å². The summed E-state index contributed by atoms with van der Waals surface area (Å²) in [5.74, 6) is -1.30. The maximum Gasteiger partial charge on any atom is 0.346 e. The Morgan fingerprint density at radius 3 is 2.72 bits per heavy atom. The van der Waals surface area contributed by atoms with Gasteiger partial charge < -0.3 is 9.67 Å². The van der Waals surface area contributed by atoms with Crippen molar-refractivity contribution < 1.29 is 9.90 Å². The lowest BCUT2D eigenvalue weighted by atomic mass is 10.1. The van der Waals surface area contributed by atoms with Crippen LogP contribution < -0.4 is 0 Å². The van der Waals surface area contributed by atoms with Gasteiger partial charge in [-0.05, 0) is 30.3 Å². The van der Waals surface area contributed by atoms with Crippen molar-refractivity contribution in [1.29, 1.82) is 10.5 Å². The first-order valence-electron chi connectivity index (χ1n) is 7.41. The highest BCUT2D eigenvalue weighted by Gasteiger charge is 2.14. The Kier molecular flexibility index (Phi) is 4.28. The average Bonchev–Trinajstić information content (AvgIpc) is 2.98. The van der Waals surface area contributed by atoms with Crippen LogP contribution in [0.3, 0.4) is 0 Å². The summed E-state index contributed by atoms with van der Waals surface area (Å²) in [6.45, 7) is 0.467. The molecule has 0 fully saturated rings. The van der Waals surface area contributed by atoms with Crippen LogP contribution in [0.15, 0.2) is 54.4 Å². The minimum Gasteiger partial charge on any atom is -0.477 e. The number of carboxylic acids is 1. The number of benzene rings is 1. The fourth-order valence-corrected chi connectivity index (χ4v) is 2.68. The molecular weight excluding hydrogens is 316 g/mol. The summed E-state index contributed by atoms with van der Waals surface area (Å²) in [7, 11) is 0. The average molecular weight is 328 g/mol. The lowest BCUT2D eigenvalue weighted by molar-refractivity contribution is -0.132. The largest absolute Gasteiger partial charge is 0.477 e. The number of pyridine rings is 1. The van der Waals surface area contributed by atoms with Crippen LogP contribution in [-0.4, -0.2) is 20.6 Å². The molecule has 0 aliphatic heterocycles. The second kappa shape index (κ2) is 6.69. The Labute approximate surface area is 143 Å². The second-order valence-electron chi connectivity index (χ2n) is 5.32. The van der Waals surface area contributed by atoms with E-state index >= 15 is 0 Å². The molecule has 0 unspecified atom stereocenters. The van der Waals surface area contributed by atoms with E-state index in [0.29, 0.717) is 23.1 Å². The molecule has 0 spiro atoms. The van der Waals surface area contributed by atoms with Gasteiger partial charge in [-0.1, -0.05) is 12.1 Å². The maximum atomic E-state index is 11.2. The van der Waals surface area contributed by atoms with E-state index in [1.165, 1.54) is 6.08 Å². The van der Waals surface area contributed by atoms with Crippen molar-refractivity contribution in [3.05, 3.63) is 71.2 Å². The molecule has 1 N–H and O–H groups in total. The van der Waals surface area contributed by atoms with Crippen molar-refractivity contribution in [3.63, 3.8) is 0 Å². The van der Waals surface area contributed by atoms with Gasteiger partial charge in [-0.15, -0.1) is 0 Å². The third-order valence-corrected chi connectivity index (χ3v) is 3.77. The van der Waals surface area contributed by atoms with Gasteiger partial charge in [0.2, 0.25) is 0 Å². The van der Waals surface area contributed by atoms with Crippen molar-refractivity contribution in [2.24, 2.45) is 0 Å². The quantitative estimate of drug-likeness (QED) is 0.586. The first-order chi connectivity index (χ1) is 12.1. The summed E-state index contributed by atoms with van der Waals surface area (Å²) in [5.41, 5.74) is 2.16. The minimum absolute atomic E-state index is 0.385. The molecule has 120 valence electrons. The molecule has 2 heterocycles. The molecule has 25 heavy (non-hydrogen) atoms. The van der Waals surface area contributed by atoms with Gasteiger partial charge in [0.15, 0.2) is 0 Å². The standard InChI is InChI=1S/C19H12N4O2/c20-9-13-4-3-6-17-18(13)15(8-14(10-21)19(24)25)11-23(17)12-16-5-1-2-7-22-16/h1-8,11H,12H2,(H,24,25)/b14-8+. The number of fused-ring (bicyclic) bond motifs is 1. The molecule has 0 atom stereocenters. The van der Waals surface area contributed by atoms with Crippen molar-refractivity contribution >= 4 is 22.9 Å². The van der Waals surface area contributed by atoms with Gasteiger partial charge in [0, 0.05) is 23.3 Å². The van der Waals surface area contributed by atoms with Crippen LogP contribution in [0.1, 0.15) is 16.8 Å². The van der Waals surface area contributed by atoms with Crippen LogP contribution in [0, 0.1) is 22.7 Å². The summed E-state index contributed by atoms with van der Waals surface area (Å²) >= 11 is 0. The van der Waals surface area contributed by atoms with Gasteiger partial charge >= 0.3 is 5.97 Å². The van der Waals surface area contributed by atoms with E-state index in [1.54, 1.807) is 30.6 Å². The highest BCUT2D eigenvalue weighted by atomic mass is 16.4. The smallest absolute Gasteiger partial charge is 0.346 e. The normalized spacial score (nSPS) is 11.0. The Balaban J connectivity index is 2.22. The molecule has 0 aliphatic carbocycles. The van der Waals surface area contributed by atoms with Crippen molar-refractivity contribution in [3.8, 4) is 12.1 Å². The first kappa shape index (κ1) is 16.0. The number of nitriles is 2. The summed E-state index contributed by atoms with van der Waals surface area (Å²) in [6.07, 6.45) is 4.72. The molecule has 0 saturated heterocycles. The monoisotopic (exact) mass is 328 g/mol. The van der Waals surface area contributed by atoms with Crippen LogP contribution in [-0.2, 0) is 11.3 Å². The zero-order valence-corrected chi connectivity index (χ0v) is 13.0. The number of carbonyl (C=O) groups is 1. The van der Waals surface area contributed by atoms with E-state index in [1.807, 2.05) is 28.8 Å². The van der Waals surface area contributed by atoms with Crippen molar-refractivity contribution in [2.45, 2.75) is 6.54 Å². The van der Waals surface area contributed by atoms with Gasteiger partial charge in [-0.2, -0.15) is 10.5 Å². The summed E-state index contributed by atoms with van der Waals surface area (Å²) < 4.78 is 1.89. The number of hydrogen-bond acceptors (Lipinski definition) is 4. The molecule has 0 radical (unpaired) electrons. The Morgan fingerprint density at radius 1 is 1.24 bits per heavy atom. The Morgan fingerprint density at radius 2 is 2.08 bits per heavy atom. The van der Waals surface area contributed by atoms with E-state index in [-0.39, 0.29) is 5.57 Å². The molecule has 6 nitrogen and oxygen atoms in total. The van der Waals surface area contributed by atoms with Crippen LogP contribution >= 0.6 is 0 Å². The molecule has 0 saturated carbocycles. The second-order valence-corrected chi connectivity index (χ2v) is 5.32. The van der Waals surface area contributed by atoms with E-state index in [4.69, 9.17) is 10.4 Å². The fraction of sp³-hybridized carbons (Fsp3) is 0.0526. The zero-order chi connectivity index (χ0) is 17.8. The van der Waals surface area contributed by atoms with Crippen molar-refractivity contribution in [1.82, 2.24) is 9.55 Å². The first-order valence-corrected chi connectivity index (χ1v) is 7.41. The summed E-state index contributed by atoms with van der Waals surface area (Å²) in [6, 6.07) is 14.7. The van der Waals surface area contributed by atoms with E-state index in [2.05, 4.69) is 11.1 Å². The van der Waals surface area contributed by atoms with Crippen molar-refractivity contribution in [2.75, 3.05) is 0 Å². The molecular formula is C19H12N4O2. The molecule has 2 aromatic heterocycles. The van der Waals surface area contributed by atoms with E-state index in [9.17, 15) is 10.1 Å². The van der Waals surface area contributed by atoms with Crippen LogP contribution in [0.2, 0.25) is 0 Å². The third-order valence-electron chi connectivity index (χ3n) is 3.77. The van der Waals surface area contributed by atoms with Gasteiger partial charge in [0.1, 0.15) is 11.6 Å². The number of aromatic nitrogens is 2. The molecule has 1 aromatic carbocycles.